The number of anilines is 3. The smallest absolute Gasteiger partial charge is 0.411 e. The Morgan fingerprint density at radius 1 is 1.14 bits per heavy atom. The minimum Gasteiger partial charge on any atom is -0.453 e. The van der Waals surface area contributed by atoms with Crippen LogP contribution in [0.1, 0.15) is 11.1 Å². The number of carbonyl (C=O) groups is 2. The van der Waals surface area contributed by atoms with E-state index in [4.69, 9.17) is 5.11 Å². The molecule has 0 aromatic heterocycles. The summed E-state index contributed by atoms with van der Waals surface area (Å²) in [4.78, 5) is 28.3. The fraction of sp³-hybridized carbons (Fsp3) is 0.333. The van der Waals surface area contributed by atoms with Crippen molar-refractivity contribution in [1.82, 2.24) is 4.90 Å². The standard InChI is InChI=1S/C21H25N3O4/c1-23(11-12-25)14-20(26)24-18-6-4-3-5-15(18)7-8-16-9-10-17(13-19(16)24)22-21(27)28-2/h3-6,9-10,13,25H,7-8,11-12,14H2,1-2H3,(H,22,27). The molecule has 7 heteroatoms. The van der Waals surface area contributed by atoms with Crippen molar-refractivity contribution in [2.75, 3.05) is 44.1 Å². The summed E-state index contributed by atoms with van der Waals surface area (Å²) in [5, 5.41) is 11.8. The molecule has 2 amide bonds. The van der Waals surface area contributed by atoms with E-state index in [0.29, 0.717) is 12.2 Å². The molecule has 28 heavy (non-hydrogen) atoms. The summed E-state index contributed by atoms with van der Waals surface area (Å²) in [7, 11) is 3.11. The topological polar surface area (TPSA) is 82.1 Å². The molecule has 148 valence electrons. The highest BCUT2D eigenvalue weighted by molar-refractivity contribution is 6.04. The van der Waals surface area contributed by atoms with Crippen molar-refractivity contribution >= 4 is 29.1 Å². The number of hydrogen-bond acceptors (Lipinski definition) is 5. The van der Waals surface area contributed by atoms with Crippen molar-refractivity contribution in [3.63, 3.8) is 0 Å². The molecule has 2 aromatic rings. The third-order valence-corrected chi connectivity index (χ3v) is 4.79. The number of nitrogens with one attached hydrogen (secondary N) is 1. The van der Waals surface area contributed by atoms with Crippen molar-refractivity contribution in [2.24, 2.45) is 0 Å². The Kier molecular flexibility index (Phi) is 6.28. The number of amides is 2. The number of benzene rings is 2. The first-order chi connectivity index (χ1) is 13.5. The molecular formula is C21H25N3O4. The van der Waals surface area contributed by atoms with E-state index in [1.54, 1.807) is 22.9 Å². The number of methoxy groups -OCH3 is 1. The molecule has 3 rings (SSSR count). The fourth-order valence-electron chi connectivity index (χ4n) is 3.39. The van der Waals surface area contributed by atoms with E-state index in [1.165, 1.54) is 7.11 Å². The Morgan fingerprint density at radius 3 is 2.57 bits per heavy atom. The number of aryl methyl sites for hydroxylation is 2. The first-order valence-corrected chi connectivity index (χ1v) is 9.21. The van der Waals surface area contributed by atoms with Gasteiger partial charge < -0.3 is 9.84 Å². The summed E-state index contributed by atoms with van der Waals surface area (Å²) in [6.45, 7) is 0.575. The molecule has 0 atom stereocenters. The first kappa shape index (κ1) is 19.9. The second-order valence-corrected chi connectivity index (χ2v) is 6.78. The van der Waals surface area contributed by atoms with Crippen LogP contribution in [0.2, 0.25) is 0 Å². The maximum absolute atomic E-state index is 13.2. The summed E-state index contributed by atoms with van der Waals surface area (Å²) in [5.41, 5.74) is 4.29. The van der Waals surface area contributed by atoms with Gasteiger partial charge in [-0.15, -0.1) is 0 Å². The molecule has 1 aliphatic rings. The quantitative estimate of drug-likeness (QED) is 0.829. The maximum atomic E-state index is 13.2. The minimum absolute atomic E-state index is 0.00977. The van der Waals surface area contributed by atoms with Gasteiger partial charge >= 0.3 is 6.09 Å². The number of aliphatic hydroxyl groups excluding tert-OH is 1. The van der Waals surface area contributed by atoms with Gasteiger partial charge in [0.25, 0.3) is 0 Å². The van der Waals surface area contributed by atoms with Gasteiger partial charge in [0.05, 0.1) is 31.6 Å². The number of nitrogens with zero attached hydrogens (tertiary/aromatic N) is 2. The van der Waals surface area contributed by atoms with Gasteiger partial charge in [0.15, 0.2) is 0 Å². The number of rotatable bonds is 5. The van der Waals surface area contributed by atoms with Crippen molar-refractivity contribution in [3.8, 4) is 0 Å². The molecule has 1 heterocycles. The Labute approximate surface area is 164 Å². The predicted molar refractivity (Wildman–Crippen MR) is 108 cm³/mol. The van der Waals surface area contributed by atoms with Crippen LogP contribution < -0.4 is 10.2 Å². The van der Waals surface area contributed by atoms with E-state index < -0.39 is 6.09 Å². The van der Waals surface area contributed by atoms with Gasteiger partial charge in [-0.05, 0) is 49.2 Å². The Bertz CT molecular complexity index is 868. The fourth-order valence-corrected chi connectivity index (χ4v) is 3.39. The number of ether oxygens (including phenoxy) is 1. The predicted octanol–water partition coefficient (Wildman–Crippen LogP) is 2.55. The Hall–Kier alpha value is -2.90. The van der Waals surface area contributed by atoms with Crippen LogP contribution in [-0.2, 0) is 22.4 Å². The second kappa shape index (κ2) is 8.86. The Balaban J connectivity index is 2.04. The van der Waals surface area contributed by atoms with Crippen LogP contribution in [-0.4, -0.2) is 55.9 Å². The number of likely N-dealkylation sites (N-methyl/N-ethyl adjacent to an activating group) is 1. The van der Waals surface area contributed by atoms with Crippen LogP contribution in [0.5, 0.6) is 0 Å². The Morgan fingerprint density at radius 2 is 1.86 bits per heavy atom. The second-order valence-electron chi connectivity index (χ2n) is 6.78. The normalized spacial score (nSPS) is 12.8. The summed E-state index contributed by atoms with van der Waals surface area (Å²) in [5.74, 6) is -0.0956. The molecule has 0 unspecified atom stereocenters. The van der Waals surface area contributed by atoms with E-state index in [2.05, 4.69) is 10.1 Å². The van der Waals surface area contributed by atoms with Crippen LogP contribution in [0.15, 0.2) is 42.5 Å². The van der Waals surface area contributed by atoms with Gasteiger partial charge in [-0.25, -0.2) is 4.79 Å². The van der Waals surface area contributed by atoms with Crippen molar-refractivity contribution < 1.29 is 19.4 Å². The maximum Gasteiger partial charge on any atom is 0.411 e. The summed E-state index contributed by atoms with van der Waals surface area (Å²) in [6, 6.07) is 13.4. The zero-order chi connectivity index (χ0) is 20.1. The van der Waals surface area contributed by atoms with Gasteiger partial charge in [-0.1, -0.05) is 24.3 Å². The van der Waals surface area contributed by atoms with Gasteiger partial charge in [0, 0.05) is 12.2 Å². The van der Waals surface area contributed by atoms with E-state index >= 15 is 0 Å². The summed E-state index contributed by atoms with van der Waals surface area (Å²) in [6.07, 6.45) is 1.05. The number of hydrogen-bond donors (Lipinski definition) is 2. The highest BCUT2D eigenvalue weighted by Crippen LogP contribution is 2.37. The molecule has 0 radical (unpaired) electrons. The highest BCUT2D eigenvalue weighted by atomic mass is 16.5. The van der Waals surface area contributed by atoms with E-state index in [-0.39, 0.29) is 19.1 Å². The van der Waals surface area contributed by atoms with Crippen molar-refractivity contribution in [3.05, 3.63) is 53.6 Å². The third kappa shape index (κ3) is 4.32. The lowest BCUT2D eigenvalue weighted by Crippen LogP contribution is -2.37. The van der Waals surface area contributed by atoms with Crippen molar-refractivity contribution in [2.45, 2.75) is 12.8 Å². The first-order valence-electron chi connectivity index (χ1n) is 9.21. The molecule has 0 saturated carbocycles. The molecule has 2 N–H and O–H groups in total. The van der Waals surface area contributed by atoms with E-state index in [1.807, 2.05) is 36.4 Å². The molecule has 1 aliphatic heterocycles. The van der Waals surface area contributed by atoms with E-state index in [0.717, 1.165) is 35.3 Å². The van der Waals surface area contributed by atoms with Crippen LogP contribution >= 0.6 is 0 Å². The van der Waals surface area contributed by atoms with Crippen LogP contribution in [0.3, 0.4) is 0 Å². The zero-order valence-corrected chi connectivity index (χ0v) is 16.1. The lowest BCUT2D eigenvalue weighted by molar-refractivity contribution is -0.118. The SMILES string of the molecule is COC(=O)Nc1ccc2c(c1)N(C(=O)CN(C)CCO)c1ccccc1CC2. The average Bonchev–Trinajstić information content (AvgIpc) is 2.84. The number of carbonyl (C=O) groups excluding carboxylic acids is 2. The molecule has 0 aliphatic carbocycles. The largest absolute Gasteiger partial charge is 0.453 e. The zero-order valence-electron chi connectivity index (χ0n) is 16.1. The number of para-hydroxylation sites is 1. The van der Waals surface area contributed by atoms with Gasteiger partial charge in [-0.3, -0.25) is 19.9 Å². The van der Waals surface area contributed by atoms with Gasteiger partial charge in [0.1, 0.15) is 0 Å². The molecule has 7 nitrogen and oxygen atoms in total. The lowest BCUT2D eigenvalue weighted by atomic mass is 10.0. The molecular weight excluding hydrogens is 358 g/mol. The summed E-state index contributed by atoms with van der Waals surface area (Å²) >= 11 is 0. The van der Waals surface area contributed by atoms with E-state index in [9.17, 15) is 9.59 Å². The molecule has 0 bridgehead atoms. The minimum atomic E-state index is -0.561. The number of aliphatic hydroxyl groups is 1. The van der Waals surface area contributed by atoms with Crippen molar-refractivity contribution in [1.29, 1.82) is 0 Å². The van der Waals surface area contributed by atoms with Gasteiger partial charge in [-0.2, -0.15) is 0 Å². The molecule has 0 fully saturated rings. The van der Waals surface area contributed by atoms with Crippen LogP contribution in [0.4, 0.5) is 21.9 Å². The molecule has 0 spiro atoms. The highest BCUT2D eigenvalue weighted by Gasteiger charge is 2.26. The number of fused-ring (bicyclic) bond motifs is 2. The van der Waals surface area contributed by atoms with Crippen LogP contribution in [0, 0.1) is 0 Å². The molecule has 0 saturated heterocycles. The lowest BCUT2D eigenvalue weighted by Gasteiger charge is -2.27. The average molecular weight is 383 g/mol. The summed E-state index contributed by atoms with van der Waals surface area (Å²) < 4.78 is 4.67. The van der Waals surface area contributed by atoms with Crippen LogP contribution in [0.25, 0.3) is 0 Å². The van der Waals surface area contributed by atoms with Gasteiger partial charge in [0.2, 0.25) is 5.91 Å². The third-order valence-electron chi connectivity index (χ3n) is 4.79. The molecule has 2 aromatic carbocycles. The monoisotopic (exact) mass is 383 g/mol.